The van der Waals surface area contributed by atoms with E-state index >= 15 is 0 Å². The SMILES string of the molecule is Cc1ccc(-n2ncc(C)n2)c(C(=O)N2CCC[C@@H](C)[C@H]2CNc2ccc(Cl)cn2)c1. The van der Waals surface area contributed by atoms with Gasteiger partial charge in [-0.1, -0.05) is 30.2 Å². The highest BCUT2D eigenvalue weighted by molar-refractivity contribution is 6.30. The monoisotopic (exact) mass is 438 g/mol. The standard InChI is InChI=1S/C23H27ClN6O/c1-15-6-8-20(30-27-12-17(3)28-30)19(11-15)23(31)29-10-4-5-16(2)21(29)14-26-22-9-7-18(24)13-25-22/h6-9,11-13,16,21H,4-5,10,14H2,1-3H3,(H,25,26)/t16-,21-/m1/s1. The molecule has 0 bridgehead atoms. The highest BCUT2D eigenvalue weighted by Crippen LogP contribution is 2.27. The number of rotatable bonds is 5. The molecule has 1 N–H and O–H groups in total. The Morgan fingerprint density at radius 1 is 1.23 bits per heavy atom. The number of carbonyl (C=O) groups is 1. The quantitative estimate of drug-likeness (QED) is 0.643. The summed E-state index contributed by atoms with van der Waals surface area (Å²) in [5.74, 6) is 1.13. The van der Waals surface area contributed by atoms with Crippen molar-refractivity contribution in [2.45, 2.75) is 39.7 Å². The Balaban J connectivity index is 1.61. The van der Waals surface area contributed by atoms with Crippen LogP contribution in [0.1, 0.15) is 41.4 Å². The zero-order valence-corrected chi connectivity index (χ0v) is 18.8. The first-order valence-electron chi connectivity index (χ1n) is 10.6. The number of nitrogens with zero attached hydrogens (tertiary/aromatic N) is 5. The number of aromatic nitrogens is 4. The molecule has 7 nitrogen and oxygen atoms in total. The molecule has 2 aromatic heterocycles. The smallest absolute Gasteiger partial charge is 0.256 e. The van der Waals surface area contributed by atoms with Gasteiger partial charge in [-0.2, -0.15) is 15.0 Å². The second kappa shape index (κ2) is 9.06. The maximum atomic E-state index is 13.8. The number of pyridine rings is 1. The van der Waals surface area contributed by atoms with Gasteiger partial charge in [0.05, 0.1) is 34.2 Å². The van der Waals surface area contributed by atoms with Gasteiger partial charge in [0, 0.05) is 19.3 Å². The molecule has 3 aromatic rings. The van der Waals surface area contributed by atoms with Crippen molar-refractivity contribution in [3.05, 3.63) is 64.6 Å². The molecule has 162 valence electrons. The molecular weight excluding hydrogens is 412 g/mol. The van der Waals surface area contributed by atoms with Crippen molar-refractivity contribution in [1.29, 1.82) is 0 Å². The number of piperidine rings is 1. The number of anilines is 1. The van der Waals surface area contributed by atoms with E-state index in [0.717, 1.165) is 36.5 Å². The van der Waals surface area contributed by atoms with Gasteiger partial charge in [-0.05, 0) is 56.9 Å². The van der Waals surface area contributed by atoms with Gasteiger partial charge in [0.15, 0.2) is 0 Å². The highest BCUT2D eigenvalue weighted by Gasteiger charge is 2.33. The fraction of sp³-hybridized carbons (Fsp3) is 0.391. The van der Waals surface area contributed by atoms with Crippen LogP contribution < -0.4 is 5.32 Å². The Labute approximate surface area is 187 Å². The van der Waals surface area contributed by atoms with Crippen LogP contribution >= 0.6 is 11.6 Å². The number of nitrogens with one attached hydrogen (secondary N) is 1. The van der Waals surface area contributed by atoms with E-state index < -0.39 is 0 Å². The molecule has 1 amide bonds. The molecule has 0 spiro atoms. The number of halogens is 1. The summed E-state index contributed by atoms with van der Waals surface area (Å²) in [7, 11) is 0. The Bertz CT molecular complexity index is 1060. The van der Waals surface area contributed by atoms with Gasteiger partial charge in [0.2, 0.25) is 0 Å². The van der Waals surface area contributed by atoms with Gasteiger partial charge in [0.25, 0.3) is 5.91 Å². The van der Waals surface area contributed by atoms with Gasteiger partial charge in [-0.15, -0.1) is 0 Å². The summed E-state index contributed by atoms with van der Waals surface area (Å²) in [4.78, 5) is 21.6. The van der Waals surface area contributed by atoms with E-state index in [4.69, 9.17) is 11.6 Å². The minimum Gasteiger partial charge on any atom is -0.368 e. The predicted molar refractivity (Wildman–Crippen MR) is 122 cm³/mol. The number of hydrogen-bond acceptors (Lipinski definition) is 5. The van der Waals surface area contributed by atoms with E-state index in [9.17, 15) is 4.79 Å². The fourth-order valence-corrected chi connectivity index (χ4v) is 4.22. The number of hydrogen-bond donors (Lipinski definition) is 1. The van der Waals surface area contributed by atoms with Crippen molar-refractivity contribution in [3.8, 4) is 5.69 Å². The number of amides is 1. The molecule has 0 radical (unpaired) electrons. The number of likely N-dealkylation sites (tertiary alicyclic amines) is 1. The van der Waals surface area contributed by atoms with Crippen LogP contribution in [0.4, 0.5) is 5.82 Å². The average Bonchev–Trinajstić information content (AvgIpc) is 3.19. The zero-order valence-electron chi connectivity index (χ0n) is 18.0. The lowest BCUT2D eigenvalue weighted by Gasteiger charge is -2.40. The molecule has 31 heavy (non-hydrogen) atoms. The molecule has 8 heteroatoms. The van der Waals surface area contributed by atoms with Crippen LogP contribution in [-0.2, 0) is 0 Å². The molecule has 1 aliphatic rings. The minimum absolute atomic E-state index is 0.0102. The van der Waals surface area contributed by atoms with Gasteiger partial charge < -0.3 is 10.2 Å². The third kappa shape index (κ3) is 4.71. The zero-order chi connectivity index (χ0) is 22.0. The van der Waals surface area contributed by atoms with E-state index in [2.05, 4.69) is 27.4 Å². The highest BCUT2D eigenvalue weighted by atomic mass is 35.5. The van der Waals surface area contributed by atoms with Crippen molar-refractivity contribution in [2.75, 3.05) is 18.4 Å². The van der Waals surface area contributed by atoms with Crippen LogP contribution in [0.5, 0.6) is 0 Å². The Morgan fingerprint density at radius 2 is 2.06 bits per heavy atom. The lowest BCUT2D eigenvalue weighted by molar-refractivity contribution is 0.0539. The largest absolute Gasteiger partial charge is 0.368 e. The minimum atomic E-state index is 0.0102. The average molecular weight is 439 g/mol. The van der Waals surface area contributed by atoms with E-state index in [1.807, 2.05) is 49.1 Å². The second-order valence-electron chi connectivity index (χ2n) is 8.22. The molecule has 0 unspecified atom stereocenters. The van der Waals surface area contributed by atoms with Crippen molar-refractivity contribution in [2.24, 2.45) is 5.92 Å². The maximum Gasteiger partial charge on any atom is 0.256 e. The Hall–Kier alpha value is -2.93. The third-order valence-corrected chi connectivity index (χ3v) is 6.02. The first-order chi connectivity index (χ1) is 14.9. The predicted octanol–water partition coefficient (Wildman–Crippen LogP) is 4.29. The van der Waals surface area contributed by atoms with E-state index in [1.54, 1.807) is 17.2 Å². The summed E-state index contributed by atoms with van der Waals surface area (Å²) in [5.41, 5.74) is 3.16. The molecule has 1 aromatic carbocycles. The summed E-state index contributed by atoms with van der Waals surface area (Å²) in [6.07, 6.45) is 5.39. The molecule has 0 saturated carbocycles. The number of carbonyl (C=O) groups excluding carboxylic acids is 1. The first-order valence-corrected chi connectivity index (χ1v) is 11.0. The van der Waals surface area contributed by atoms with Crippen LogP contribution in [0.2, 0.25) is 5.02 Å². The van der Waals surface area contributed by atoms with Crippen LogP contribution in [-0.4, -0.2) is 49.9 Å². The van der Waals surface area contributed by atoms with Gasteiger partial charge in [-0.3, -0.25) is 4.79 Å². The molecule has 0 aliphatic carbocycles. The topological polar surface area (TPSA) is 75.9 Å². The molecule has 1 aliphatic heterocycles. The van der Waals surface area contributed by atoms with Crippen LogP contribution in [0.15, 0.2) is 42.7 Å². The third-order valence-electron chi connectivity index (χ3n) is 5.80. The van der Waals surface area contributed by atoms with E-state index in [-0.39, 0.29) is 11.9 Å². The maximum absolute atomic E-state index is 13.8. The number of benzene rings is 1. The van der Waals surface area contributed by atoms with Crippen molar-refractivity contribution < 1.29 is 4.79 Å². The van der Waals surface area contributed by atoms with E-state index in [1.165, 1.54) is 0 Å². The summed E-state index contributed by atoms with van der Waals surface area (Å²) < 4.78 is 0. The Kier molecular flexibility index (Phi) is 6.23. The fourth-order valence-electron chi connectivity index (χ4n) is 4.11. The number of aryl methyl sites for hydroxylation is 2. The van der Waals surface area contributed by atoms with Crippen LogP contribution in [0.3, 0.4) is 0 Å². The van der Waals surface area contributed by atoms with Crippen LogP contribution in [0, 0.1) is 19.8 Å². The molecule has 1 fully saturated rings. The molecular formula is C23H27ClN6O. The van der Waals surface area contributed by atoms with Crippen molar-refractivity contribution in [1.82, 2.24) is 24.9 Å². The van der Waals surface area contributed by atoms with Crippen molar-refractivity contribution >= 4 is 23.3 Å². The van der Waals surface area contributed by atoms with E-state index in [0.29, 0.717) is 28.7 Å². The molecule has 2 atom stereocenters. The van der Waals surface area contributed by atoms with Gasteiger partial charge >= 0.3 is 0 Å². The normalized spacial score (nSPS) is 18.8. The summed E-state index contributed by atoms with van der Waals surface area (Å²) in [6, 6.07) is 9.55. The first kappa shape index (κ1) is 21.3. The van der Waals surface area contributed by atoms with Gasteiger partial charge in [0.1, 0.15) is 5.82 Å². The van der Waals surface area contributed by atoms with Crippen molar-refractivity contribution in [3.63, 3.8) is 0 Å². The summed E-state index contributed by atoms with van der Waals surface area (Å²) in [5, 5.41) is 12.7. The molecule has 4 rings (SSSR count). The molecule has 1 saturated heterocycles. The lowest BCUT2D eigenvalue weighted by Crippen LogP contribution is -2.51. The summed E-state index contributed by atoms with van der Waals surface area (Å²) in [6.45, 7) is 7.44. The van der Waals surface area contributed by atoms with Crippen LogP contribution in [0.25, 0.3) is 5.69 Å². The Morgan fingerprint density at radius 3 is 2.77 bits per heavy atom. The second-order valence-corrected chi connectivity index (χ2v) is 8.66. The van der Waals surface area contributed by atoms with Gasteiger partial charge in [-0.25, -0.2) is 4.98 Å². The lowest BCUT2D eigenvalue weighted by atomic mass is 9.89. The summed E-state index contributed by atoms with van der Waals surface area (Å²) >= 11 is 5.94. The molecule has 3 heterocycles.